The van der Waals surface area contributed by atoms with Gasteiger partial charge in [0.2, 0.25) is 0 Å². The van der Waals surface area contributed by atoms with E-state index in [0.717, 1.165) is 12.8 Å². The summed E-state index contributed by atoms with van der Waals surface area (Å²) in [5, 5.41) is 0. The Balaban J connectivity index is 2.05. The number of hydrogen-bond acceptors (Lipinski definition) is 0. The van der Waals surface area contributed by atoms with Crippen LogP contribution in [-0.4, -0.2) is 0 Å². The summed E-state index contributed by atoms with van der Waals surface area (Å²) in [4.78, 5) is 0. The number of unbranched alkanes of at least 4 members (excludes halogenated alkanes) is 1. The monoisotopic (exact) mass is 340 g/mol. The number of rotatable bonds is 4. The van der Waals surface area contributed by atoms with Crippen LogP contribution in [0.5, 0.6) is 0 Å². The maximum absolute atomic E-state index is 3.87. The summed E-state index contributed by atoms with van der Waals surface area (Å²) >= 11 is 3.87. The van der Waals surface area contributed by atoms with E-state index in [-0.39, 0.29) is 0 Å². The van der Waals surface area contributed by atoms with Crippen LogP contribution in [0.4, 0.5) is 0 Å². The number of aryl methyl sites for hydroxylation is 1. The van der Waals surface area contributed by atoms with E-state index in [2.05, 4.69) is 72.3 Å². The van der Waals surface area contributed by atoms with Crippen LogP contribution >= 0.6 is 15.9 Å². The first-order chi connectivity index (χ1) is 10.2. The van der Waals surface area contributed by atoms with Gasteiger partial charge < -0.3 is 0 Å². The van der Waals surface area contributed by atoms with Crippen LogP contribution in [-0.2, 0) is 12.8 Å². The Morgan fingerprint density at radius 3 is 2.67 bits per heavy atom. The molecule has 0 nitrogen and oxygen atoms in total. The van der Waals surface area contributed by atoms with E-state index < -0.39 is 0 Å². The smallest absolute Gasteiger partial charge is 0.0295 e. The average Bonchev–Trinajstić information content (AvgIpc) is 2.88. The highest BCUT2D eigenvalue weighted by Crippen LogP contribution is 2.39. The molecule has 0 radical (unpaired) electrons. The average molecular weight is 341 g/mol. The predicted molar refractivity (Wildman–Crippen MR) is 95.5 cm³/mol. The van der Waals surface area contributed by atoms with E-state index in [1.54, 1.807) is 0 Å². The Morgan fingerprint density at radius 2 is 1.86 bits per heavy atom. The van der Waals surface area contributed by atoms with Gasteiger partial charge in [-0.1, -0.05) is 61.4 Å². The first-order valence-corrected chi connectivity index (χ1v) is 8.57. The fraction of sp³-hybridized carbons (Fsp3) is 0.300. The Labute approximate surface area is 136 Å². The number of halogens is 1. The molecule has 0 aromatic heterocycles. The lowest BCUT2D eigenvalue weighted by Gasteiger charge is -2.14. The van der Waals surface area contributed by atoms with Gasteiger partial charge in [-0.2, -0.15) is 0 Å². The normalized spacial score (nSPS) is 13.2. The molecular formula is C20H21Br. The van der Waals surface area contributed by atoms with Crippen molar-refractivity contribution in [2.45, 2.75) is 39.5 Å². The summed E-state index contributed by atoms with van der Waals surface area (Å²) in [7, 11) is 0. The molecule has 0 heterocycles. The second-order valence-electron chi connectivity index (χ2n) is 5.92. The van der Waals surface area contributed by atoms with E-state index in [9.17, 15) is 0 Å². The first-order valence-electron chi connectivity index (χ1n) is 7.77. The van der Waals surface area contributed by atoms with E-state index in [4.69, 9.17) is 0 Å². The van der Waals surface area contributed by atoms with Crippen molar-refractivity contribution in [2.24, 2.45) is 0 Å². The molecule has 0 unspecified atom stereocenters. The Bertz CT molecular complexity index is 695. The van der Waals surface area contributed by atoms with Crippen molar-refractivity contribution >= 4 is 22.0 Å². The lowest BCUT2D eigenvalue weighted by molar-refractivity contribution is 0.796. The highest BCUT2D eigenvalue weighted by Gasteiger charge is 2.17. The minimum absolute atomic E-state index is 1.07. The third kappa shape index (κ3) is 2.85. The van der Waals surface area contributed by atoms with E-state index >= 15 is 0 Å². The third-order valence-electron chi connectivity index (χ3n) is 4.24. The lowest BCUT2D eigenvalue weighted by Crippen LogP contribution is -1.94. The van der Waals surface area contributed by atoms with Gasteiger partial charge in [-0.15, -0.1) is 0 Å². The van der Waals surface area contributed by atoms with Crippen molar-refractivity contribution < 1.29 is 0 Å². The molecule has 3 rings (SSSR count). The van der Waals surface area contributed by atoms with Crippen molar-refractivity contribution in [3.8, 4) is 11.1 Å². The molecule has 108 valence electrons. The number of allylic oxidation sites excluding steroid dienone is 1. The number of fused-ring (bicyclic) bond motifs is 1. The number of hydrogen-bond donors (Lipinski definition) is 0. The van der Waals surface area contributed by atoms with Gasteiger partial charge in [-0.05, 0) is 69.9 Å². The van der Waals surface area contributed by atoms with Crippen molar-refractivity contribution in [3.63, 3.8) is 0 Å². The second-order valence-corrected chi connectivity index (χ2v) is 6.72. The van der Waals surface area contributed by atoms with Gasteiger partial charge >= 0.3 is 0 Å². The Kier molecular flexibility index (Phi) is 4.30. The third-order valence-corrected chi connectivity index (χ3v) is 5.15. The molecule has 21 heavy (non-hydrogen) atoms. The predicted octanol–water partition coefficient (Wildman–Crippen LogP) is 6.42. The maximum Gasteiger partial charge on any atom is 0.0295 e. The van der Waals surface area contributed by atoms with Crippen molar-refractivity contribution in [2.75, 3.05) is 0 Å². The van der Waals surface area contributed by atoms with Crippen LogP contribution in [0.1, 0.15) is 43.4 Å². The second kappa shape index (κ2) is 6.19. The standard InChI is InChI=1S/C20H21Br/c1-3-4-7-15-8-5-6-9-17(15)18-11-10-16-12-14(2)13-19(16)20(18)21/h5-6,8-12H,3-4,7,13H2,1-2H3. The van der Waals surface area contributed by atoms with Gasteiger partial charge in [-0.3, -0.25) is 0 Å². The summed E-state index contributed by atoms with van der Waals surface area (Å²) in [6, 6.07) is 13.4. The molecule has 2 aromatic rings. The summed E-state index contributed by atoms with van der Waals surface area (Å²) in [5.74, 6) is 0. The minimum atomic E-state index is 1.07. The zero-order chi connectivity index (χ0) is 14.8. The zero-order valence-electron chi connectivity index (χ0n) is 12.7. The van der Waals surface area contributed by atoms with Gasteiger partial charge in [0.25, 0.3) is 0 Å². The molecule has 0 fully saturated rings. The van der Waals surface area contributed by atoms with Crippen LogP contribution < -0.4 is 0 Å². The van der Waals surface area contributed by atoms with E-state index in [1.165, 1.54) is 50.7 Å². The molecule has 1 aliphatic rings. The minimum Gasteiger partial charge on any atom is -0.0683 e. The highest BCUT2D eigenvalue weighted by molar-refractivity contribution is 9.10. The van der Waals surface area contributed by atoms with Gasteiger partial charge in [0.1, 0.15) is 0 Å². The molecular weight excluding hydrogens is 320 g/mol. The molecule has 0 saturated carbocycles. The molecule has 0 saturated heterocycles. The van der Waals surface area contributed by atoms with Crippen molar-refractivity contribution in [1.82, 2.24) is 0 Å². The maximum atomic E-state index is 3.87. The fourth-order valence-corrected chi connectivity index (χ4v) is 3.84. The summed E-state index contributed by atoms with van der Waals surface area (Å²) in [5.41, 5.74) is 8.43. The molecule has 0 bridgehead atoms. The van der Waals surface area contributed by atoms with Crippen LogP contribution in [0.2, 0.25) is 0 Å². The molecule has 0 spiro atoms. The van der Waals surface area contributed by atoms with Crippen molar-refractivity contribution in [1.29, 1.82) is 0 Å². The van der Waals surface area contributed by atoms with Gasteiger partial charge in [0.15, 0.2) is 0 Å². The zero-order valence-corrected chi connectivity index (χ0v) is 14.3. The van der Waals surface area contributed by atoms with E-state index in [1.807, 2.05) is 0 Å². The quantitative estimate of drug-likeness (QED) is 0.602. The van der Waals surface area contributed by atoms with Gasteiger partial charge in [0.05, 0.1) is 0 Å². The van der Waals surface area contributed by atoms with Crippen molar-refractivity contribution in [3.05, 3.63) is 63.1 Å². The molecule has 0 amide bonds. The van der Waals surface area contributed by atoms with Crippen LogP contribution in [0.15, 0.2) is 46.4 Å². The molecule has 0 N–H and O–H groups in total. The van der Waals surface area contributed by atoms with Gasteiger partial charge in [-0.25, -0.2) is 0 Å². The first kappa shape index (κ1) is 14.6. The fourth-order valence-electron chi connectivity index (χ4n) is 3.12. The largest absolute Gasteiger partial charge is 0.0683 e. The summed E-state index contributed by atoms with van der Waals surface area (Å²) < 4.78 is 1.28. The van der Waals surface area contributed by atoms with Crippen LogP contribution in [0, 0.1) is 0 Å². The number of benzene rings is 2. The topological polar surface area (TPSA) is 0 Å². The molecule has 1 heteroatoms. The lowest BCUT2D eigenvalue weighted by atomic mass is 9.94. The molecule has 0 atom stereocenters. The SMILES string of the molecule is CCCCc1ccccc1-c1ccc2c(c1Br)CC(C)=C2. The molecule has 0 aliphatic heterocycles. The van der Waals surface area contributed by atoms with E-state index in [0.29, 0.717) is 0 Å². The Hall–Kier alpha value is -1.34. The highest BCUT2D eigenvalue weighted by atomic mass is 79.9. The summed E-state index contributed by atoms with van der Waals surface area (Å²) in [6.07, 6.45) is 7.02. The Morgan fingerprint density at radius 1 is 1.05 bits per heavy atom. The van der Waals surface area contributed by atoms with Crippen LogP contribution in [0.25, 0.3) is 17.2 Å². The van der Waals surface area contributed by atoms with Crippen LogP contribution in [0.3, 0.4) is 0 Å². The van der Waals surface area contributed by atoms with Gasteiger partial charge in [0, 0.05) is 4.47 Å². The summed E-state index contributed by atoms with van der Waals surface area (Å²) in [6.45, 7) is 4.46. The molecule has 1 aliphatic carbocycles. The molecule has 2 aromatic carbocycles.